The quantitative estimate of drug-likeness (QED) is 0.603. The minimum absolute atomic E-state index is 0.0829. The van der Waals surface area contributed by atoms with Gasteiger partial charge in [0, 0.05) is 12.7 Å². The van der Waals surface area contributed by atoms with Crippen LogP contribution in [0.15, 0.2) is 53.7 Å². The van der Waals surface area contributed by atoms with Gasteiger partial charge in [-0.15, -0.1) is 10.2 Å². The van der Waals surface area contributed by atoms with Gasteiger partial charge in [-0.05, 0) is 50.1 Å². The van der Waals surface area contributed by atoms with E-state index in [0.29, 0.717) is 11.0 Å². The average Bonchev–Trinajstić information content (AvgIpc) is 3.05. The molecule has 6 nitrogen and oxygen atoms in total. The Morgan fingerprint density at radius 3 is 2.64 bits per heavy atom. The van der Waals surface area contributed by atoms with Gasteiger partial charge in [-0.25, -0.2) is 0 Å². The fourth-order valence-electron chi connectivity index (χ4n) is 2.75. The van der Waals surface area contributed by atoms with Gasteiger partial charge < -0.3 is 14.6 Å². The van der Waals surface area contributed by atoms with Crippen molar-refractivity contribution in [1.29, 1.82) is 0 Å². The Morgan fingerprint density at radius 2 is 1.89 bits per heavy atom. The van der Waals surface area contributed by atoms with Gasteiger partial charge >= 0.3 is 0 Å². The van der Waals surface area contributed by atoms with Gasteiger partial charge in [0.25, 0.3) is 0 Å². The molecule has 146 valence electrons. The van der Waals surface area contributed by atoms with Crippen molar-refractivity contribution in [2.75, 3.05) is 11.1 Å². The molecule has 0 spiro atoms. The van der Waals surface area contributed by atoms with Crippen LogP contribution >= 0.6 is 11.8 Å². The fourth-order valence-corrected chi connectivity index (χ4v) is 3.47. The molecule has 0 aliphatic heterocycles. The monoisotopic (exact) mass is 396 g/mol. The Bertz CT molecular complexity index is 956. The van der Waals surface area contributed by atoms with Crippen LogP contribution < -0.4 is 10.1 Å². The van der Waals surface area contributed by atoms with E-state index in [1.807, 2.05) is 67.9 Å². The second-order valence-electron chi connectivity index (χ2n) is 6.56. The van der Waals surface area contributed by atoms with Crippen LogP contribution in [0.1, 0.15) is 30.0 Å². The van der Waals surface area contributed by atoms with Crippen molar-refractivity contribution < 1.29 is 9.53 Å². The first-order valence-electron chi connectivity index (χ1n) is 9.05. The Morgan fingerprint density at radius 1 is 1.14 bits per heavy atom. The Kier molecular flexibility index (Phi) is 6.36. The highest BCUT2D eigenvalue weighted by atomic mass is 32.2. The van der Waals surface area contributed by atoms with Crippen molar-refractivity contribution in [3.63, 3.8) is 0 Å². The molecule has 3 aromatic rings. The van der Waals surface area contributed by atoms with Crippen LogP contribution in [0.4, 0.5) is 5.69 Å². The Hall–Kier alpha value is -2.80. The van der Waals surface area contributed by atoms with E-state index in [-0.39, 0.29) is 17.8 Å². The number of ether oxygens (including phenoxy) is 1. The maximum absolute atomic E-state index is 12.1. The summed E-state index contributed by atoms with van der Waals surface area (Å²) in [7, 11) is 1.88. The van der Waals surface area contributed by atoms with Crippen LogP contribution in [-0.2, 0) is 11.8 Å². The van der Waals surface area contributed by atoms with Crippen LogP contribution in [0.5, 0.6) is 5.75 Å². The van der Waals surface area contributed by atoms with E-state index >= 15 is 0 Å². The molecule has 0 saturated heterocycles. The van der Waals surface area contributed by atoms with Crippen molar-refractivity contribution >= 4 is 23.4 Å². The van der Waals surface area contributed by atoms with Gasteiger partial charge in [0.1, 0.15) is 5.75 Å². The zero-order valence-corrected chi connectivity index (χ0v) is 17.3. The number of amides is 1. The third kappa shape index (κ3) is 4.72. The molecule has 7 heteroatoms. The summed E-state index contributed by atoms with van der Waals surface area (Å²) in [6.07, 6.45) is -0.259. The first-order valence-corrected chi connectivity index (χ1v) is 10.0. The van der Waals surface area contributed by atoms with Crippen molar-refractivity contribution in [3.8, 4) is 5.75 Å². The highest BCUT2D eigenvalue weighted by Gasteiger charge is 2.19. The summed E-state index contributed by atoms with van der Waals surface area (Å²) in [6.45, 7) is 6.05. The maximum Gasteiger partial charge on any atom is 0.234 e. The van der Waals surface area contributed by atoms with Crippen LogP contribution in [0.25, 0.3) is 0 Å². The maximum atomic E-state index is 12.1. The van der Waals surface area contributed by atoms with Crippen molar-refractivity contribution in [2.45, 2.75) is 32.0 Å². The highest BCUT2D eigenvalue weighted by Crippen LogP contribution is 2.27. The largest absolute Gasteiger partial charge is 0.482 e. The normalized spacial score (nSPS) is 11.9. The van der Waals surface area contributed by atoms with E-state index in [2.05, 4.69) is 28.5 Å². The summed E-state index contributed by atoms with van der Waals surface area (Å²) in [5.41, 5.74) is 3.08. The fraction of sp³-hybridized carbons (Fsp3) is 0.286. The van der Waals surface area contributed by atoms with Crippen LogP contribution in [0, 0.1) is 13.8 Å². The third-order valence-electron chi connectivity index (χ3n) is 4.48. The lowest BCUT2D eigenvalue weighted by Crippen LogP contribution is -2.14. The van der Waals surface area contributed by atoms with Crippen LogP contribution in [0.2, 0.25) is 0 Å². The van der Waals surface area contributed by atoms with Gasteiger partial charge in [0.05, 0.1) is 5.75 Å². The van der Waals surface area contributed by atoms with Gasteiger partial charge in [-0.3, -0.25) is 4.79 Å². The Balaban J connectivity index is 1.61. The molecule has 0 saturated carbocycles. The summed E-state index contributed by atoms with van der Waals surface area (Å²) in [4.78, 5) is 12.1. The molecule has 1 atom stereocenters. The second kappa shape index (κ2) is 8.93. The highest BCUT2D eigenvalue weighted by molar-refractivity contribution is 7.99. The zero-order chi connectivity index (χ0) is 20.1. The molecule has 0 aliphatic rings. The van der Waals surface area contributed by atoms with Crippen LogP contribution in [0.3, 0.4) is 0 Å². The first-order chi connectivity index (χ1) is 13.5. The average molecular weight is 397 g/mol. The number of thioether (sulfide) groups is 1. The molecule has 0 aliphatic carbocycles. The molecule has 1 unspecified atom stereocenters. The predicted molar refractivity (Wildman–Crippen MR) is 112 cm³/mol. The molecule has 0 bridgehead atoms. The third-order valence-corrected chi connectivity index (χ3v) is 5.50. The minimum atomic E-state index is -0.259. The van der Waals surface area contributed by atoms with Crippen molar-refractivity contribution in [2.24, 2.45) is 7.05 Å². The van der Waals surface area contributed by atoms with E-state index < -0.39 is 0 Å². The Labute approximate surface area is 169 Å². The molecular weight excluding hydrogens is 372 g/mol. The van der Waals surface area contributed by atoms with Crippen molar-refractivity contribution in [1.82, 2.24) is 14.8 Å². The lowest BCUT2D eigenvalue weighted by Gasteiger charge is -2.16. The topological polar surface area (TPSA) is 69.0 Å². The number of aryl methyl sites for hydroxylation is 1. The number of aromatic nitrogens is 3. The summed E-state index contributed by atoms with van der Waals surface area (Å²) in [5, 5.41) is 12.0. The number of para-hydroxylation sites is 1. The summed E-state index contributed by atoms with van der Waals surface area (Å²) in [6, 6.07) is 15.4. The SMILES string of the molecule is Cc1cccc(OC(C)c2nnc(SCC(=O)Nc3ccccc3)n2C)c1C. The smallest absolute Gasteiger partial charge is 0.234 e. The molecule has 1 heterocycles. The second-order valence-corrected chi connectivity index (χ2v) is 7.50. The number of benzene rings is 2. The van der Waals surface area contributed by atoms with Gasteiger partial charge in [0.2, 0.25) is 5.91 Å². The van der Waals surface area contributed by atoms with E-state index in [0.717, 1.165) is 17.0 Å². The number of carbonyl (C=O) groups is 1. The lowest BCUT2D eigenvalue weighted by atomic mass is 10.1. The van der Waals surface area contributed by atoms with Crippen LogP contribution in [-0.4, -0.2) is 26.4 Å². The van der Waals surface area contributed by atoms with E-state index in [1.54, 1.807) is 0 Å². The number of hydrogen-bond donors (Lipinski definition) is 1. The summed E-state index contributed by atoms with van der Waals surface area (Å²) in [5.74, 6) is 1.73. The summed E-state index contributed by atoms with van der Waals surface area (Å²) >= 11 is 1.35. The molecule has 0 radical (unpaired) electrons. The molecule has 1 aromatic heterocycles. The molecule has 28 heavy (non-hydrogen) atoms. The molecule has 1 N–H and O–H groups in total. The predicted octanol–water partition coefficient (Wildman–Crippen LogP) is 4.30. The van der Waals surface area contributed by atoms with Gasteiger partial charge in [0.15, 0.2) is 17.1 Å². The van der Waals surface area contributed by atoms with E-state index in [4.69, 9.17) is 4.74 Å². The van der Waals surface area contributed by atoms with E-state index in [1.165, 1.54) is 17.3 Å². The minimum Gasteiger partial charge on any atom is -0.482 e. The number of nitrogens with zero attached hydrogens (tertiary/aromatic N) is 3. The van der Waals surface area contributed by atoms with Crippen molar-refractivity contribution in [3.05, 3.63) is 65.5 Å². The molecule has 0 fully saturated rings. The molecule has 1 amide bonds. The number of hydrogen-bond acceptors (Lipinski definition) is 5. The van der Waals surface area contributed by atoms with E-state index in [9.17, 15) is 4.79 Å². The lowest BCUT2D eigenvalue weighted by molar-refractivity contribution is -0.113. The molecule has 3 rings (SSSR count). The zero-order valence-electron chi connectivity index (χ0n) is 16.5. The van der Waals surface area contributed by atoms with Gasteiger partial charge in [-0.2, -0.15) is 0 Å². The molecular formula is C21H24N4O2S. The number of rotatable bonds is 7. The molecule has 2 aromatic carbocycles. The number of nitrogens with one attached hydrogen (secondary N) is 1. The van der Waals surface area contributed by atoms with Gasteiger partial charge in [-0.1, -0.05) is 42.1 Å². The summed E-state index contributed by atoms with van der Waals surface area (Å²) < 4.78 is 7.97. The first kappa shape index (κ1) is 19.9. The number of anilines is 1. The number of carbonyl (C=O) groups excluding carboxylic acids is 1. The standard InChI is InChI=1S/C21H24N4O2S/c1-14-9-8-12-18(15(14)2)27-16(3)20-23-24-21(25(20)4)28-13-19(26)22-17-10-6-5-7-11-17/h5-12,16H,13H2,1-4H3,(H,22,26).